The van der Waals surface area contributed by atoms with Crippen molar-refractivity contribution in [2.75, 3.05) is 31.5 Å². The van der Waals surface area contributed by atoms with Crippen LogP contribution in [0.1, 0.15) is 13.3 Å². The van der Waals surface area contributed by atoms with Gasteiger partial charge in [-0.15, -0.1) is 12.4 Å². The number of carbonyl (C=O) groups is 1. The summed E-state index contributed by atoms with van der Waals surface area (Å²) in [5.74, 6) is -0.733. The lowest BCUT2D eigenvalue weighted by molar-refractivity contribution is -0.117. The van der Waals surface area contributed by atoms with Gasteiger partial charge in [-0.25, -0.2) is 4.39 Å². The molecule has 118 valence electrons. The van der Waals surface area contributed by atoms with Crippen LogP contribution in [-0.4, -0.2) is 37.0 Å². The minimum absolute atomic E-state index is 0. The molecule has 0 saturated carbocycles. The number of rotatable bonds is 4. The van der Waals surface area contributed by atoms with Crippen LogP contribution < -0.4 is 11.1 Å². The number of hydrogen-bond acceptors (Lipinski definition) is 3. The van der Waals surface area contributed by atoms with Crippen LogP contribution in [0.5, 0.6) is 0 Å². The highest BCUT2D eigenvalue weighted by Crippen LogP contribution is 2.28. The van der Waals surface area contributed by atoms with Gasteiger partial charge in [-0.3, -0.25) is 9.69 Å². The van der Waals surface area contributed by atoms with Crippen LogP contribution in [0.4, 0.5) is 10.1 Å². The second-order valence-corrected chi connectivity index (χ2v) is 6.08. The van der Waals surface area contributed by atoms with E-state index in [1.54, 1.807) is 0 Å². The van der Waals surface area contributed by atoms with Crippen molar-refractivity contribution < 1.29 is 9.18 Å². The van der Waals surface area contributed by atoms with Gasteiger partial charge in [0.2, 0.25) is 5.91 Å². The molecule has 1 aromatic rings. The van der Waals surface area contributed by atoms with Crippen molar-refractivity contribution in [3.05, 3.63) is 29.0 Å². The van der Waals surface area contributed by atoms with Gasteiger partial charge in [0.25, 0.3) is 0 Å². The van der Waals surface area contributed by atoms with Gasteiger partial charge in [-0.05, 0) is 43.1 Å². The van der Waals surface area contributed by atoms with Crippen LogP contribution in [0.3, 0.4) is 0 Å². The quantitative estimate of drug-likeness (QED) is 0.888. The van der Waals surface area contributed by atoms with E-state index in [0.717, 1.165) is 19.5 Å². The van der Waals surface area contributed by atoms with Gasteiger partial charge in [-0.2, -0.15) is 0 Å². The smallest absolute Gasteiger partial charge is 0.238 e. The normalized spacial score (nSPS) is 21.9. The first-order valence-corrected chi connectivity index (χ1v) is 6.97. The number of nitrogens with one attached hydrogen (secondary N) is 1. The average Bonchev–Trinajstić information content (AvgIpc) is 2.76. The van der Waals surface area contributed by atoms with E-state index in [1.807, 2.05) is 4.90 Å². The first kappa shape index (κ1) is 18.2. The van der Waals surface area contributed by atoms with E-state index >= 15 is 0 Å². The Balaban J connectivity index is 0.00000220. The number of carbonyl (C=O) groups excluding carboxylic acids is 1. The largest absolute Gasteiger partial charge is 0.330 e. The fourth-order valence-corrected chi connectivity index (χ4v) is 2.59. The summed E-state index contributed by atoms with van der Waals surface area (Å²) >= 11 is 5.78. The van der Waals surface area contributed by atoms with Crippen molar-refractivity contribution in [1.82, 2.24) is 4.90 Å². The van der Waals surface area contributed by atoms with Crippen molar-refractivity contribution in [2.24, 2.45) is 11.1 Å². The minimum Gasteiger partial charge on any atom is -0.330 e. The Morgan fingerprint density at radius 2 is 2.29 bits per heavy atom. The summed E-state index contributed by atoms with van der Waals surface area (Å²) in [7, 11) is 0. The average molecular weight is 336 g/mol. The summed E-state index contributed by atoms with van der Waals surface area (Å²) in [6.45, 7) is 4.57. The summed E-state index contributed by atoms with van der Waals surface area (Å²) in [5.41, 5.74) is 5.91. The van der Waals surface area contributed by atoms with Gasteiger partial charge in [-0.1, -0.05) is 18.5 Å². The highest BCUT2D eigenvalue weighted by atomic mass is 35.5. The zero-order valence-corrected chi connectivity index (χ0v) is 13.4. The predicted octanol–water partition coefficient (Wildman–Crippen LogP) is 2.51. The second kappa shape index (κ2) is 7.40. The van der Waals surface area contributed by atoms with Gasteiger partial charge in [0, 0.05) is 11.6 Å². The van der Waals surface area contributed by atoms with E-state index in [-0.39, 0.29) is 36.0 Å². The summed E-state index contributed by atoms with van der Waals surface area (Å²) in [6.07, 6.45) is 0.975. The molecule has 1 saturated heterocycles. The molecule has 1 heterocycles. The first-order chi connectivity index (χ1) is 9.42. The van der Waals surface area contributed by atoms with E-state index in [1.165, 1.54) is 18.2 Å². The lowest BCUT2D eigenvalue weighted by Gasteiger charge is -2.22. The molecule has 0 aromatic heterocycles. The maximum atomic E-state index is 13.5. The Morgan fingerprint density at radius 3 is 2.90 bits per heavy atom. The molecule has 3 N–H and O–H groups in total. The number of nitrogens with zero attached hydrogens (tertiary/aromatic N) is 1. The molecular formula is C14H20Cl2FN3O. The molecule has 1 amide bonds. The van der Waals surface area contributed by atoms with Crippen molar-refractivity contribution >= 4 is 35.6 Å². The van der Waals surface area contributed by atoms with Crippen molar-refractivity contribution in [2.45, 2.75) is 13.3 Å². The number of benzene rings is 1. The predicted molar refractivity (Wildman–Crippen MR) is 85.5 cm³/mol. The molecule has 0 aliphatic carbocycles. The Kier molecular flexibility index (Phi) is 6.41. The van der Waals surface area contributed by atoms with Crippen LogP contribution in [0.2, 0.25) is 5.02 Å². The maximum absolute atomic E-state index is 13.5. The van der Waals surface area contributed by atoms with Gasteiger partial charge in [0.15, 0.2) is 0 Å². The summed E-state index contributed by atoms with van der Waals surface area (Å²) in [4.78, 5) is 14.0. The number of hydrogen-bond donors (Lipinski definition) is 2. The highest BCUT2D eigenvalue weighted by molar-refractivity contribution is 6.30. The zero-order chi connectivity index (χ0) is 14.8. The standard InChI is InChI=1S/C14H19ClFN3O.ClH/c1-14(8-17)4-5-19(9-14)7-13(20)18-12-6-10(15)2-3-11(12)16;/h2-3,6H,4-5,7-9,17H2,1H3,(H,18,20);1H. The number of amides is 1. The van der Waals surface area contributed by atoms with Crippen LogP contribution in [-0.2, 0) is 4.79 Å². The number of nitrogens with two attached hydrogens (primary N) is 1. The topological polar surface area (TPSA) is 58.4 Å². The lowest BCUT2D eigenvalue weighted by atomic mass is 9.90. The van der Waals surface area contributed by atoms with Gasteiger partial charge < -0.3 is 11.1 Å². The van der Waals surface area contributed by atoms with E-state index in [2.05, 4.69) is 12.2 Å². The highest BCUT2D eigenvalue weighted by Gasteiger charge is 2.33. The lowest BCUT2D eigenvalue weighted by Crippen LogP contribution is -2.35. The third kappa shape index (κ3) is 4.81. The van der Waals surface area contributed by atoms with Gasteiger partial charge in [0.05, 0.1) is 12.2 Å². The fourth-order valence-electron chi connectivity index (χ4n) is 2.41. The number of likely N-dealkylation sites (tertiary alicyclic amines) is 1. The molecule has 4 nitrogen and oxygen atoms in total. The molecule has 1 aliphatic rings. The first-order valence-electron chi connectivity index (χ1n) is 6.59. The van der Waals surface area contributed by atoms with E-state index < -0.39 is 5.82 Å². The molecule has 1 aliphatic heterocycles. The Hall–Kier alpha value is -0.880. The maximum Gasteiger partial charge on any atom is 0.238 e. The molecule has 1 atom stereocenters. The van der Waals surface area contributed by atoms with E-state index in [9.17, 15) is 9.18 Å². The molecule has 0 spiro atoms. The van der Waals surface area contributed by atoms with Crippen LogP contribution in [0, 0.1) is 11.2 Å². The SMILES string of the molecule is CC1(CN)CCN(CC(=O)Nc2cc(Cl)ccc2F)C1.Cl. The summed E-state index contributed by atoms with van der Waals surface area (Å²) < 4.78 is 13.5. The summed E-state index contributed by atoms with van der Waals surface area (Å²) in [6, 6.07) is 4.09. The van der Waals surface area contributed by atoms with Crippen LogP contribution >= 0.6 is 24.0 Å². The molecular weight excluding hydrogens is 316 g/mol. The monoisotopic (exact) mass is 335 g/mol. The van der Waals surface area contributed by atoms with Crippen molar-refractivity contribution in [1.29, 1.82) is 0 Å². The fraction of sp³-hybridized carbons (Fsp3) is 0.500. The third-order valence-electron chi connectivity index (χ3n) is 3.70. The number of halogens is 3. The Labute approximate surface area is 135 Å². The van der Waals surface area contributed by atoms with E-state index in [4.69, 9.17) is 17.3 Å². The second-order valence-electron chi connectivity index (χ2n) is 5.65. The molecule has 21 heavy (non-hydrogen) atoms. The molecule has 0 bridgehead atoms. The summed E-state index contributed by atoms with van der Waals surface area (Å²) in [5, 5.41) is 2.94. The Morgan fingerprint density at radius 1 is 1.57 bits per heavy atom. The van der Waals surface area contributed by atoms with Gasteiger partial charge >= 0.3 is 0 Å². The van der Waals surface area contributed by atoms with Crippen molar-refractivity contribution in [3.8, 4) is 0 Å². The molecule has 1 fully saturated rings. The molecule has 1 aromatic carbocycles. The van der Waals surface area contributed by atoms with Crippen molar-refractivity contribution in [3.63, 3.8) is 0 Å². The Bertz CT molecular complexity index is 515. The van der Waals surface area contributed by atoms with E-state index in [0.29, 0.717) is 11.6 Å². The molecule has 1 unspecified atom stereocenters. The third-order valence-corrected chi connectivity index (χ3v) is 3.93. The minimum atomic E-state index is -0.490. The van der Waals surface area contributed by atoms with Crippen LogP contribution in [0.25, 0.3) is 0 Å². The van der Waals surface area contributed by atoms with Gasteiger partial charge in [0.1, 0.15) is 5.82 Å². The van der Waals surface area contributed by atoms with Crippen LogP contribution in [0.15, 0.2) is 18.2 Å². The molecule has 0 radical (unpaired) electrons. The zero-order valence-electron chi connectivity index (χ0n) is 11.9. The molecule has 7 heteroatoms. The molecule has 2 rings (SSSR count). The number of anilines is 1.